The largest absolute Gasteiger partial charge is 0.378 e. The van der Waals surface area contributed by atoms with Gasteiger partial charge in [-0.05, 0) is 70.3 Å². The van der Waals surface area contributed by atoms with Gasteiger partial charge in [0.1, 0.15) is 12.3 Å². The average Bonchev–Trinajstić information content (AvgIpc) is 2.91. The molecule has 222 valence electrons. The first-order chi connectivity index (χ1) is 18.8. The summed E-state index contributed by atoms with van der Waals surface area (Å²) in [4.78, 5) is 18.7. The highest BCUT2D eigenvalue weighted by Gasteiger charge is 2.57. The van der Waals surface area contributed by atoms with E-state index in [2.05, 4.69) is 51.8 Å². The molecule has 5 heterocycles. The molecule has 0 aromatic heterocycles. The molecule has 2 bridgehead atoms. The highest BCUT2D eigenvalue weighted by molar-refractivity contribution is 5.76. The van der Waals surface area contributed by atoms with Crippen LogP contribution in [-0.2, 0) is 4.74 Å². The van der Waals surface area contributed by atoms with Crippen molar-refractivity contribution in [2.24, 2.45) is 23.7 Å². The lowest BCUT2D eigenvalue weighted by Crippen LogP contribution is -2.80. The second kappa shape index (κ2) is 11.7. The molecule has 11 unspecified atom stereocenters. The van der Waals surface area contributed by atoms with Crippen LogP contribution in [0, 0.1) is 23.7 Å². The summed E-state index contributed by atoms with van der Waals surface area (Å²) < 4.78 is 38.3. The number of carbonyl (C=O) groups excluding carboxylic acids is 1. The molecule has 2 amide bonds. The average molecular weight is 553 g/mol. The van der Waals surface area contributed by atoms with Crippen molar-refractivity contribution in [3.05, 3.63) is 0 Å². The molecule has 12 atom stereocenters. The zero-order valence-corrected chi connectivity index (χ0v) is 24.0. The number of ether oxygens (including phenoxy) is 1. The maximum Gasteiger partial charge on any atom is 0.320 e. The number of fused-ring (bicyclic) bond motifs is 5. The number of urea groups is 1. The van der Waals surface area contributed by atoms with Gasteiger partial charge < -0.3 is 25.6 Å². The van der Waals surface area contributed by atoms with Gasteiger partial charge in [-0.2, -0.15) is 0 Å². The number of piperidine rings is 2. The van der Waals surface area contributed by atoms with E-state index >= 15 is 8.78 Å². The Morgan fingerprint density at radius 2 is 1.87 bits per heavy atom. The van der Waals surface area contributed by atoms with Gasteiger partial charge >= 0.3 is 6.03 Å². The molecule has 10 heteroatoms. The summed E-state index contributed by atoms with van der Waals surface area (Å²) in [5.74, 6) is 0.0140. The van der Waals surface area contributed by atoms with E-state index in [1.54, 1.807) is 0 Å². The second-order valence-electron chi connectivity index (χ2n) is 13.5. The maximum atomic E-state index is 16.3. The van der Waals surface area contributed by atoms with Gasteiger partial charge in [-0.1, -0.05) is 13.8 Å². The fourth-order valence-electron chi connectivity index (χ4n) is 8.98. The standard InChI is InChI=1S/C29H50F2N6O2/c1-16(2)24-26-18(9-10-33-24)6-5-13-39-22-8-4-7-20(30)23(22)25-21(31)14-19-27(36-12-11-32-15-17(36)3)35-29(38)37(26)28(19)34-25/h16-28,32-34H,4-15H2,1-3H3,(H,35,38)/t17-,18?,19?,20?,21?,22?,23?,24?,25?,26?,27?,28?/m0/s1. The van der Waals surface area contributed by atoms with Gasteiger partial charge in [-0.25, -0.2) is 13.6 Å². The lowest BCUT2D eigenvalue weighted by atomic mass is 9.72. The van der Waals surface area contributed by atoms with E-state index in [0.29, 0.717) is 31.3 Å². The molecule has 6 fully saturated rings. The number of hydrogen-bond acceptors (Lipinski definition) is 6. The van der Waals surface area contributed by atoms with Crippen LogP contribution in [0.2, 0.25) is 0 Å². The Morgan fingerprint density at radius 3 is 2.67 bits per heavy atom. The predicted molar refractivity (Wildman–Crippen MR) is 147 cm³/mol. The van der Waals surface area contributed by atoms with Crippen molar-refractivity contribution in [2.45, 2.75) is 121 Å². The monoisotopic (exact) mass is 552 g/mol. The van der Waals surface area contributed by atoms with Crippen LogP contribution < -0.4 is 21.3 Å². The minimum Gasteiger partial charge on any atom is -0.378 e. The second-order valence-corrected chi connectivity index (χ2v) is 13.5. The molecular formula is C29H50F2N6O2. The Kier molecular flexibility index (Phi) is 8.40. The normalized spacial score (nSPS) is 47.8. The first kappa shape index (κ1) is 28.1. The van der Waals surface area contributed by atoms with E-state index in [0.717, 1.165) is 58.3 Å². The quantitative estimate of drug-likeness (QED) is 0.422. The topological polar surface area (TPSA) is 80.9 Å². The highest BCUT2D eigenvalue weighted by atomic mass is 19.1. The Bertz CT molecular complexity index is 868. The van der Waals surface area contributed by atoms with Gasteiger partial charge in [0, 0.05) is 56.2 Å². The summed E-state index contributed by atoms with van der Waals surface area (Å²) in [5, 5.41) is 14.2. The van der Waals surface area contributed by atoms with Crippen molar-refractivity contribution in [2.75, 3.05) is 32.8 Å². The number of nitrogens with one attached hydrogen (secondary N) is 4. The van der Waals surface area contributed by atoms with Crippen LogP contribution in [0.25, 0.3) is 0 Å². The van der Waals surface area contributed by atoms with Crippen LogP contribution in [0.15, 0.2) is 0 Å². The Balaban J connectivity index is 1.41. The zero-order chi connectivity index (χ0) is 27.3. The van der Waals surface area contributed by atoms with E-state index in [4.69, 9.17) is 4.74 Å². The zero-order valence-electron chi connectivity index (χ0n) is 24.0. The van der Waals surface area contributed by atoms with E-state index < -0.39 is 24.3 Å². The van der Waals surface area contributed by atoms with Crippen molar-refractivity contribution >= 4 is 6.03 Å². The van der Waals surface area contributed by atoms with Crippen LogP contribution >= 0.6 is 0 Å². The van der Waals surface area contributed by atoms with Crippen LogP contribution in [0.4, 0.5) is 13.6 Å². The van der Waals surface area contributed by atoms with E-state index in [-0.39, 0.29) is 48.5 Å². The molecule has 1 aliphatic carbocycles. The summed E-state index contributed by atoms with van der Waals surface area (Å²) in [5.41, 5.74) is 0. The number of carbonyl (C=O) groups is 1. The number of alkyl halides is 2. The van der Waals surface area contributed by atoms with Gasteiger partial charge in [0.2, 0.25) is 0 Å². The van der Waals surface area contributed by atoms with Crippen LogP contribution in [0.3, 0.4) is 0 Å². The minimum atomic E-state index is -1.19. The number of rotatable bonds is 2. The fourth-order valence-corrected chi connectivity index (χ4v) is 8.98. The first-order valence-corrected chi connectivity index (χ1v) is 15.8. The van der Waals surface area contributed by atoms with Gasteiger partial charge in [0.05, 0.1) is 24.5 Å². The molecule has 6 aliphatic rings. The lowest BCUT2D eigenvalue weighted by molar-refractivity contribution is -0.118. The van der Waals surface area contributed by atoms with Crippen molar-refractivity contribution < 1.29 is 18.3 Å². The number of piperazine rings is 1. The number of halogens is 2. The summed E-state index contributed by atoms with van der Waals surface area (Å²) in [6.07, 6.45) is 2.03. The highest BCUT2D eigenvalue weighted by Crippen LogP contribution is 2.43. The third-order valence-electron chi connectivity index (χ3n) is 10.8. The van der Waals surface area contributed by atoms with Gasteiger partial charge in [0.15, 0.2) is 0 Å². The first-order valence-electron chi connectivity index (χ1n) is 15.8. The smallest absolute Gasteiger partial charge is 0.320 e. The van der Waals surface area contributed by atoms with Crippen molar-refractivity contribution in [3.8, 4) is 0 Å². The van der Waals surface area contributed by atoms with Crippen LogP contribution in [0.5, 0.6) is 0 Å². The minimum absolute atomic E-state index is 0.0142. The fraction of sp³-hybridized carbons (Fsp3) is 0.966. The molecule has 6 rings (SSSR count). The Labute approximate surface area is 232 Å². The van der Waals surface area contributed by atoms with Gasteiger partial charge in [0.25, 0.3) is 0 Å². The molecule has 0 spiro atoms. The molecular weight excluding hydrogens is 502 g/mol. The van der Waals surface area contributed by atoms with Gasteiger partial charge in [-0.15, -0.1) is 0 Å². The summed E-state index contributed by atoms with van der Waals surface area (Å²) in [6.45, 7) is 10.6. The molecule has 1 saturated carbocycles. The maximum absolute atomic E-state index is 16.3. The number of nitrogens with zero attached hydrogens (tertiary/aromatic N) is 2. The molecule has 8 nitrogen and oxygen atoms in total. The Hall–Kier alpha value is -1.07. The molecule has 39 heavy (non-hydrogen) atoms. The Morgan fingerprint density at radius 1 is 1.03 bits per heavy atom. The van der Waals surface area contributed by atoms with Crippen LogP contribution in [0.1, 0.15) is 65.7 Å². The molecule has 5 saturated heterocycles. The van der Waals surface area contributed by atoms with Gasteiger partial charge in [-0.3, -0.25) is 10.2 Å². The SMILES string of the molecule is CC(C)C1NCCC2CCCOC3CCCC(F)C3C3NC4C(CC3F)C(N3CCNC[C@@H]3C)NC(=O)N4C21. The molecule has 0 radical (unpaired) electrons. The van der Waals surface area contributed by atoms with Crippen LogP contribution in [-0.4, -0.2) is 104 Å². The third kappa shape index (κ3) is 5.22. The summed E-state index contributed by atoms with van der Waals surface area (Å²) >= 11 is 0. The van der Waals surface area contributed by atoms with E-state index in [1.807, 2.05) is 0 Å². The number of amides is 2. The molecule has 4 N–H and O–H groups in total. The molecule has 0 aromatic rings. The van der Waals surface area contributed by atoms with E-state index in [1.165, 1.54) is 0 Å². The lowest BCUT2D eigenvalue weighted by Gasteiger charge is -2.60. The van der Waals surface area contributed by atoms with Crippen molar-refractivity contribution in [1.82, 2.24) is 31.1 Å². The molecule has 0 aromatic carbocycles. The van der Waals surface area contributed by atoms with E-state index in [9.17, 15) is 4.79 Å². The van der Waals surface area contributed by atoms with Crippen molar-refractivity contribution in [1.29, 1.82) is 0 Å². The summed E-state index contributed by atoms with van der Waals surface area (Å²) in [6, 6.07) is -0.359. The third-order valence-corrected chi connectivity index (χ3v) is 10.8. The van der Waals surface area contributed by atoms with Crippen molar-refractivity contribution in [3.63, 3.8) is 0 Å². The summed E-state index contributed by atoms with van der Waals surface area (Å²) in [7, 11) is 0. The number of hydrogen-bond donors (Lipinski definition) is 4. The predicted octanol–water partition coefficient (Wildman–Crippen LogP) is 2.59. The molecule has 5 aliphatic heterocycles.